The van der Waals surface area contributed by atoms with E-state index in [-0.39, 0.29) is 23.3 Å². The molecule has 104 valence electrons. The fourth-order valence-electron chi connectivity index (χ4n) is 3.00. The largest absolute Gasteiger partial charge is 0.508 e. The summed E-state index contributed by atoms with van der Waals surface area (Å²) in [6.07, 6.45) is 9.74. The number of rotatable bonds is 2. The fourth-order valence-corrected chi connectivity index (χ4v) is 3.00. The van der Waals surface area contributed by atoms with Crippen LogP contribution in [0.25, 0.3) is 0 Å². The molecule has 2 rings (SSSR count). The van der Waals surface area contributed by atoms with Crippen molar-refractivity contribution in [2.75, 3.05) is 0 Å². The van der Waals surface area contributed by atoms with Crippen LogP contribution in [0.4, 0.5) is 0 Å². The van der Waals surface area contributed by atoms with E-state index >= 15 is 0 Å². The van der Waals surface area contributed by atoms with Gasteiger partial charge in [0, 0.05) is 23.1 Å². The maximum Gasteiger partial charge on any atom is 0.124 e. The second-order valence-corrected chi connectivity index (χ2v) is 5.60. The van der Waals surface area contributed by atoms with Gasteiger partial charge in [-0.25, -0.2) is 0 Å². The molecule has 0 saturated heterocycles. The van der Waals surface area contributed by atoms with Crippen LogP contribution >= 0.6 is 0 Å². The zero-order valence-corrected chi connectivity index (χ0v) is 12.0. The summed E-state index contributed by atoms with van der Waals surface area (Å²) >= 11 is 0. The molecule has 0 spiro atoms. The first-order valence-corrected chi connectivity index (χ1v) is 6.79. The topological polar surface area (TPSA) is 40.5 Å². The number of terminal acetylenes is 1. The van der Waals surface area contributed by atoms with Gasteiger partial charge in [0.1, 0.15) is 11.5 Å². The van der Waals surface area contributed by atoms with Crippen LogP contribution in [-0.4, -0.2) is 10.2 Å². The highest BCUT2D eigenvalue weighted by molar-refractivity contribution is 5.55. The first-order chi connectivity index (χ1) is 9.43. The standard InChI is InChI=1S/C18H20O2/c1-5-13-9-14(19)10-17(20)18(13)16-8-12(4)6-7-15(16)11(2)3/h1,8-10,15-16,19-20H,2,6-7H2,3-4H3/t15-,16-/m0/s1. The van der Waals surface area contributed by atoms with Crippen molar-refractivity contribution in [3.05, 3.63) is 47.1 Å². The summed E-state index contributed by atoms with van der Waals surface area (Å²) in [6.45, 7) is 8.18. The molecule has 2 N–H and O–H groups in total. The highest BCUT2D eigenvalue weighted by atomic mass is 16.3. The van der Waals surface area contributed by atoms with E-state index in [1.807, 2.05) is 6.92 Å². The van der Waals surface area contributed by atoms with E-state index in [1.165, 1.54) is 17.7 Å². The van der Waals surface area contributed by atoms with Gasteiger partial charge in [-0.05, 0) is 38.7 Å². The van der Waals surface area contributed by atoms with Crippen LogP contribution < -0.4 is 0 Å². The molecule has 0 heterocycles. The van der Waals surface area contributed by atoms with Crippen molar-refractivity contribution in [3.63, 3.8) is 0 Å². The molecule has 2 heteroatoms. The van der Waals surface area contributed by atoms with Crippen molar-refractivity contribution in [1.82, 2.24) is 0 Å². The number of phenols is 2. The van der Waals surface area contributed by atoms with Crippen molar-refractivity contribution < 1.29 is 10.2 Å². The van der Waals surface area contributed by atoms with E-state index in [4.69, 9.17) is 6.42 Å². The van der Waals surface area contributed by atoms with E-state index in [0.29, 0.717) is 5.56 Å². The predicted molar refractivity (Wildman–Crippen MR) is 81.7 cm³/mol. The summed E-state index contributed by atoms with van der Waals surface area (Å²) < 4.78 is 0. The van der Waals surface area contributed by atoms with Crippen molar-refractivity contribution in [2.45, 2.75) is 32.6 Å². The fraction of sp³-hybridized carbons (Fsp3) is 0.333. The summed E-state index contributed by atoms with van der Waals surface area (Å²) in [4.78, 5) is 0. The van der Waals surface area contributed by atoms with Crippen LogP contribution in [0.3, 0.4) is 0 Å². The quantitative estimate of drug-likeness (QED) is 0.626. The molecule has 1 aliphatic carbocycles. The molecule has 0 amide bonds. The van der Waals surface area contributed by atoms with Gasteiger partial charge in [0.15, 0.2) is 0 Å². The molecule has 0 aliphatic heterocycles. The first kappa shape index (κ1) is 14.3. The van der Waals surface area contributed by atoms with Gasteiger partial charge in [-0.15, -0.1) is 6.42 Å². The third-order valence-corrected chi connectivity index (χ3v) is 4.01. The van der Waals surface area contributed by atoms with Gasteiger partial charge >= 0.3 is 0 Å². The Morgan fingerprint density at radius 2 is 2.10 bits per heavy atom. The number of allylic oxidation sites excluding steroid dienone is 3. The Bertz CT molecular complexity index is 617. The Morgan fingerprint density at radius 1 is 1.40 bits per heavy atom. The molecule has 1 aromatic carbocycles. The minimum Gasteiger partial charge on any atom is -0.508 e. The molecular formula is C18H20O2. The van der Waals surface area contributed by atoms with Gasteiger partial charge in [-0.1, -0.05) is 29.7 Å². The van der Waals surface area contributed by atoms with Gasteiger partial charge in [-0.3, -0.25) is 0 Å². The molecule has 0 saturated carbocycles. The van der Waals surface area contributed by atoms with Crippen LogP contribution in [-0.2, 0) is 0 Å². The third kappa shape index (κ3) is 2.58. The molecule has 0 bridgehead atoms. The van der Waals surface area contributed by atoms with Crippen molar-refractivity contribution in [1.29, 1.82) is 0 Å². The lowest BCUT2D eigenvalue weighted by Crippen LogP contribution is -2.18. The summed E-state index contributed by atoms with van der Waals surface area (Å²) in [5.74, 6) is 2.90. The Hall–Kier alpha value is -2.14. The number of benzene rings is 1. The maximum atomic E-state index is 10.2. The van der Waals surface area contributed by atoms with Gasteiger partial charge in [0.2, 0.25) is 0 Å². The van der Waals surface area contributed by atoms with Crippen LogP contribution in [0.1, 0.15) is 43.7 Å². The molecule has 2 atom stereocenters. The number of phenolic OH excluding ortho intramolecular Hbond substituents is 2. The zero-order chi connectivity index (χ0) is 14.9. The van der Waals surface area contributed by atoms with E-state index < -0.39 is 0 Å². The minimum atomic E-state index is -0.0115. The third-order valence-electron chi connectivity index (χ3n) is 4.01. The SMILES string of the molecule is C#Cc1cc(O)cc(O)c1[C@H]1C=C(C)CC[C@H]1C(=C)C. The summed E-state index contributed by atoms with van der Waals surface area (Å²) in [5, 5.41) is 19.8. The average Bonchev–Trinajstić information content (AvgIpc) is 2.37. The molecular weight excluding hydrogens is 248 g/mol. The molecule has 20 heavy (non-hydrogen) atoms. The second kappa shape index (κ2) is 5.46. The van der Waals surface area contributed by atoms with Gasteiger partial charge in [0.05, 0.1) is 0 Å². The van der Waals surface area contributed by atoms with Gasteiger partial charge in [-0.2, -0.15) is 0 Å². The number of hydrogen-bond acceptors (Lipinski definition) is 2. The summed E-state index contributed by atoms with van der Waals surface area (Å²) in [5.41, 5.74) is 3.65. The van der Waals surface area contributed by atoms with E-state index in [2.05, 4.69) is 25.5 Å². The lowest BCUT2D eigenvalue weighted by atomic mass is 9.73. The lowest BCUT2D eigenvalue weighted by molar-refractivity contribution is 0.425. The predicted octanol–water partition coefficient (Wildman–Crippen LogP) is 4.10. The monoisotopic (exact) mass is 268 g/mol. The van der Waals surface area contributed by atoms with Crippen molar-refractivity contribution in [2.24, 2.45) is 5.92 Å². The molecule has 1 aromatic rings. The van der Waals surface area contributed by atoms with E-state index in [9.17, 15) is 10.2 Å². The molecule has 2 nitrogen and oxygen atoms in total. The van der Waals surface area contributed by atoms with Crippen LogP contribution in [0, 0.1) is 18.3 Å². The highest BCUT2D eigenvalue weighted by Crippen LogP contribution is 2.44. The smallest absolute Gasteiger partial charge is 0.124 e. The van der Waals surface area contributed by atoms with Crippen LogP contribution in [0.15, 0.2) is 35.9 Å². The van der Waals surface area contributed by atoms with Crippen LogP contribution in [0.5, 0.6) is 11.5 Å². The Balaban J connectivity index is 2.61. The minimum absolute atomic E-state index is 0.0115. The Kier molecular flexibility index (Phi) is 3.90. The lowest BCUT2D eigenvalue weighted by Gasteiger charge is -2.31. The number of aromatic hydroxyl groups is 2. The number of hydrogen-bond donors (Lipinski definition) is 2. The average molecular weight is 268 g/mol. The zero-order valence-electron chi connectivity index (χ0n) is 12.0. The van der Waals surface area contributed by atoms with Crippen molar-refractivity contribution in [3.8, 4) is 23.8 Å². The van der Waals surface area contributed by atoms with Crippen LogP contribution in [0.2, 0.25) is 0 Å². The first-order valence-electron chi connectivity index (χ1n) is 6.79. The maximum absolute atomic E-state index is 10.2. The van der Waals surface area contributed by atoms with Crippen molar-refractivity contribution >= 4 is 0 Å². The Labute approximate surface area is 120 Å². The Morgan fingerprint density at radius 3 is 2.70 bits per heavy atom. The molecule has 0 unspecified atom stereocenters. The summed E-state index contributed by atoms with van der Waals surface area (Å²) in [6, 6.07) is 2.88. The van der Waals surface area contributed by atoms with E-state index in [0.717, 1.165) is 24.0 Å². The molecule has 0 aromatic heterocycles. The molecule has 1 aliphatic rings. The van der Waals surface area contributed by atoms with Gasteiger partial charge < -0.3 is 10.2 Å². The van der Waals surface area contributed by atoms with E-state index in [1.54, 1.807) is 0 Å². The van der Waals surface area contributed by atoms with Gasteiger partial charge in [0.25, 0.3) is 0 Å². The molecule has 0 fully saturated rings. The normalized spacial score (nSPS) is 21.9. The summed E-state index contributed by atoms with van der Waals surface area (Å²) in [7, 11) is 0. The highest BCUT2D eigenvalue weighted by Gasteiger charge is 2.29. The second-order valence-electron chi connectivity index (χ2n) is 5.60. The molecule has 0 radical (unpaired) electrons.